The maximum atomic E-state index is 12.8. The van der Waals surface area contributed by atoms with Crippen molar-refractivity contribution in [2.75, 3.05) is 24.7 Å². The summed E-state index contributed by atoms with van der Waals surface area (Å²) < 4.78 is 0. The Balaban J connectivity index is 1.79. The van der Waals surface area contributed by atoms with Crippen molar-refractivity contribution in [2.24, 2.45) is 0 Å². The van der Waals surface area contributed by atoms with Crippen molar-refractivity contribution < 1.29 is 14.4 Å². The van der Waals surface area contributed by atoms with Crippen LogP contribution in [0.1, 0.15) is 30.4 Å². The third-order valence-corrected chi connectivity index (χ3v) is 4.81. The molecule has 0 radical (unpaired) electrons. The summed E-state index contributed by atoms with van der Waals surface area (Å²) in [5.41, 5.74) is 1.72. The van der Waals surface area contributed by atoms with Gasteiger partial charge in [-0.1, -0.05) is 24.3 Å². The number of anilines is 2. The first-order chi connectivity index (χ1) is 13.5. The van der Waals surface area contributed by atoms with E-state index in [0.29, 0.717) is 27.4 Å². The molecule has 7 heteroatoms. The predicted octanol–water partition coefficient (Wildman–Crippen LogP) is 3.95. The molecule has 0 saturated carbocycles. The van der Waals surface area contributed by atoms with Crippen molar-refractivity contribution in [3.05, 3.63) is 82.0 Å². The summed E-state index contributed by atoms with van der Waals surface area (Å²) in [6.07, 6.45) is 0. The minimum Gasteiger partial charge on any atom is -0.345 e. The van der Waals surface area contributed by atoms with Crippen LogP contribution < -0.4 is 10.6 Å². The van der Waals surface area contributed by atoms with E-state index in [0.717, 1.165) is 0 Å². The average molecular weight is 393 g/mol. The topological polar surface area (TPSA) is 78.5 Å². The van der Waals surface area contributed by atoms with Crippen molar-refractivity contribution in [3.63, 3.8) is 0 Å². The minimum absolute atomic E-state index is 0.153. The maximum Gasteiger partial charge on any atom is 0.265 e. The molecule has 0 aliphatic carbocycles. The highest BCUT2D eigenvalue weighted by Crippen LogP contribution is 2.20. The zero-order chi connectivity index (χ0) is 20.1. The van der Waals surface area contributed by atoms with E-state index in [1.165, 1.54) is 16.2 Å². The Kier molecular flexibility index (Phi) is 5.86. The summed E-state index contributed by atoms with van der Waals surface area (Å²) in [5.74, 6) is -0.801. The average Bonchev–Trinajstić information content (AvgIpc) is 3.23. The molecule has 142 valence electrons. The van der Waals surface area contributed by atoms with Gasteiger partial charge >= 0.3 is 0 Å². The molecule has 3 rings (SSSR count). The van der Waals surface area contributed by atoms with Crippen molar-refractivity contribution in [1.29, 1.82) is 0 Å². The molecule has 2 aromatic carbocycles. The minimum atomic E-state index is -0.378. The van der Waals surface area contributed by atoms with Gasteiger partial charge in [0.05, 0.1) is 16.1 Å². The van der Waals surface area contributed by atoms with Gasteiger partial charge in [-0.05, 0) is 41.8 Å². The largest absolute Gasteiger partial charge is 0.345 e. The maximum absolute atomic E-state index is 12.8. The van der Waals surface area contributed by atoms with E-state index >= 15 is 0 Å². The first kappa shape index (κ1) is 19.3. The molecule has 6 nitrogen and oxygen atoms in total. The van der Waals surface area contributed by atoms with Gasteiger partial charge in [0, 0.05) is 25.3 Å². The van der Waals surface area contributed by atoms with Crippen molar-refractivity contribution in [1.82, 2.24) is 4.90 Å². The van der Waals surface area contributed by atoms with Crippen LogP contribution in [0.25, 0.3) is 0 Å². The van der Waals surface area contributed by atoms with Gasteiger partial charge in [-0.2, -0.15) is 0 Å². The van der Waals surface area contributed by atoms with Gasteiger partial charge in [0.2, 0.25) is 0 Å². The molecule has 0 aliphatic rings. The second-order valence-electron chi connectivity index (χ2n) is 6.21. The van der Waals surface area contributed by atoms with Crippen molar-refractivity contribution in [3.8, 4) is 0 Å². The molecule has 3 aromatic rings. The number of amides is 3. The molecule has 2 N–H and O–H groups in total. The normalized spacial score (nSPS) is 10.2. The van der Waals surface area contributed by atoms with Gasteiger partial charge in [-0.15, -0.1) is 11.3 Å². The standard InChI is InChI=1S/C21H19N3O3S/c1-24(2)21(27)14-7-5-8-15(13-14)22-19(25)16-9-3-4-10-17(16)23-20(26)18-11-6-12-28-18/h3-13H,1-2H3,(H,22,25)(H,23,26). The molecule has 1 heterocycles. The Morgan fingerprint density at radius 3 is 2.36 bits per heavy atom. The van der Waals surface area contributed by atoms with E-state index in [1.54, 1.807) is 74.8 Å². The number of para-hydroxylation sites is 1. The number of nitrogens with zero attached hydrogens (tertiary/aromatic N) is 1. The summed E-state index contributed by atoms with van der Waals surface area (Å²) in [5, 5.41) is 7.37. The van der Waals surface area contributed by atoms with Crippen molar-refractivity contribution >= 4 is 40.4 Å². The molecular formula is C21H19N3O3S. The monoisotopic (exact) mass is 393 g/mol. The van der Waals surface area contributed by atoms with Crippen LogP contribution in [0, 0.1) is 0 Å². The molecule has 28 heavy (non-hydrogen) atoms. The number of thiophene rings is 1. The van der Waals surface area contributed by atoms with Gasteiger partial charge in [0.15, 0.2) is 0 Å². The SMILES string of the molecule is CN(C)C(=O)c1cccc(NC(=O)c2ccccc2NC(=O)c2cccs2)c1. The summed E-state index contributed by atoms with van der Waals surface area (Å²) in [6.45, 7) is 0. The van der Waals surface area contributed by atoms with Gasteiger partial charge in [-0.3, -0.25) is 14.4 Å². The molecule has 0 unspecified atom stereocenters. The van der Waals surface area contributed by atoms with E-state index in [4.69, 9.17) is 0 Å². The van der Waals surface area contributed by atoms with Crippen LogP contribution in [0.15, 0.2) is 66.0 Å². The second-order valence-corrected chi connectivity index (χ2v) is 7.16. The van der Waals surface area contributed by atoms with Crippen LogP contribution in [-0.2, 0) is 0 Å². The number of hydrogen-bond acceptors (Lipinski definition) is 4. The Hall–Kier alpha value is -3.45. The van der Waals surface area contributed by atoms with Crippen LogP contribution in [0.3, 0.4) is 0 Å². The van der Waals surface area contributed by atoms with Crippen LogP contribution in [-0.4, -0.2) is 36.7 Å². The molecule has 0 aliphatic heterocycles. The lowest BCUT2D eigenvalue weighted by atomic mass is 10.1. The molecule has 3 amide bonds. The number of benzene rings is 2. The molecule has 0 spiro atoms. The van der Waals surface area contributed by atoms with E-state index in [1.807, 2.05) is 5.38 Å². The lowest BCUT2D eigenvalue weighted by Gasteiger charge is -2.13. The van der Waals surface area contributed by atoms with E-state index in [2.05, 4.69) is 10.6 Å². The number of carbonyl (C=O) groups excluding carboxylic acids is 3. The third-order valence-electron chi connectivity index (χ3n) is 3.94. The van der Waals surface area contributed by atoms with Crippen molar-refractivity contribution in [2.45, 2.75) is 0 Å². The van der Waals surface area contributed by atoms with Gasteiger partial charge < -0.3 is 15.5 Å². The predicted molar refractivity (Wildman–Crippen MR) is 111 cm³/mol. The highest BCUT2D eigenvalue weighted by molar-refractivity contribution is 7.12. The van der Waals surface area contributed by atoms with Crippen LogP contribution in [0.2, 0.25) is 0 Å². The fourth-order valence-corrected chi connectivity index (χ4v) is 3.19. The first-order valence-corrected chi connectivity index (χ1v) is 9.40. The fourth-order valence-electron chi connectivity index (χ4n) is 2.57. The fraction of sp³-hybridized carbons (Fsp3) is 0.0952. The summed E-state index contributed by atoms with van der Waals surface area (Å²) in [4.78, 5) is 39.2. The van der Waals surface area contributed by atoms with Crippen LogP contribution >= 0.6 is 11.3 Å². The molecular weight excluding hydrogens is 374 g/mol. The Morgan fingerprint density at radius 2 is 1.64 bits per heavy atom. The summed E-state index contributed by atoms with van der Waals surface area (Å²) in [7, 11) is 3.33. The van der Waals surface area contributed by atoms with Gasteiger partial charge in [0.1, 0.15) is 0 Å². The number of hydrogen-bond donors (Lipinski definition) is 2. The quantitative estimate of drug-likeness (QED) is 0.689. The number of rotatable bonds is 5. The molecule has 1 aromatic heterocycles. The Morgan fingerprint density at radius 1 is 0.857 bits per heavy atom. The molecule has 0 saturated heterocycles. The van der Waals surface area contributed by atoms with E-state index < -0.39 is 0 Å². The summed E-state index contributed by atoms with van der Waals surface area (Å²) >= 11 is 1.33. The smallest absolute Gasteiger partial charge is 0.265 e. The zero-order valence-corrected chi connectivity index (χ0v) is 16.2. The number of carbonyl (C=O) groups is 3. The third kappa shape index (κ3) is 4.44. The first-order valence-electron chi connectivity index (χ1n) is 8.52. The van der Waals surface area contributed by atoms with Gasteiger partial charge in [0.25, 0.3) is 17.7 Å². The molecule has 0 fully saturated rings. The molecule has 0 bridgehead atoms. The van der Waals surface area contributed by atoms with E-state index in [9.17, 15) is 14.4 Å². The zero-order valence-electron chi connectivity index (χ0n) is 15.4. The Labute approximate surface area is 166 Å². The number of nitrogens with one attached hydrogen (secondary N) is 2. The van der Waals surface area contributed by atoms with E-state index in [-0.39, 0.29) is 17.7 Å². The second kappa shape index (κ2) is 8.49. The summed E-state index contributed by atoms with van der Waals surface area (Å²) in [6, 6.07) is 17.0. The van der Waals surface area contributed by atoms with Crippen LogP contribution in [0.4, 0.5) is 11.4 Å². The lowest BCUT2D eigenvalue weighted by molar-refractivity contribution is 0.0827. The highest BCUT2D eigenvalue weighted by Gasteiger charge is 2.15. The van der Waals surface area contributed by atoms with Crippen LogP contribution in [0.5, 0.6) is 0 Å². The lowest BCUT2D eigenvalue weighted by Crippen LogP contribution is -2.22. The Bertz CT molecular complexity index is 1010. The molecule has 0 atom stereocenters. The van der Waals surface area contributed by atoms with Gasteiger partial charge in [-0.25, -0.2) is 0 Å². The highest BCUT2D eigenvalue weighted by atomic mass is 32.1.